The molecule has 0 saturated heterocycles. The predicted octanol–water partition coefficient (Wildman–Crippen LogP) is 1.61. The summed E-state index contributed by atoms with van der Waals surface area (Å²) >= 11 is 0. The molecule has 4 rings (SSSR count). The van der Waals surface area contributed by atoms with Crippen LogP contribution in [0.2, 0.25) is 0 Å². The monoisotopic (exact) mass is 448 g/mol. The molecule has 1 aliphatic heterocycles. The number of nitrogens with zero attached hydrogens (tertiary/aromatic N) is 2. The molecule has 0 aliphatic carbocycles. The molecule has 0 fully saturated rings. The van der Waals surface area contributed by atoms with Gasteiger partial charge in [0.25, 0.3) is 11.5 Å². The van der Waals surface area contributed by atoms with Crippen LogP contribution in [-0.2, 0) is 9.53 Å². The zero-order chi connectivity index (χ0) is 23.4. The van der Waals surface area contributed by atoms with E-state index in [4.69, 9.17) is 9.47 Å². The third-order valence-electron chi connectivity index (χ3n) is 5.14. The maximum atomic E-state index is 13.0. The van der Waals surface area contributed by atoms with Gasteiger partial charge in [0.2, 0.25) is 0 Å². The number of esters is 1. The molecule has 10 heteroatoms. The second-order valence-corrected chi connectivity index (χ2v) is 7.21. The SMILES string of the molecule is COc1ccc(C2CC(c3ccccc3)=NN2C(=O)COC(=O)c2c[nH]c(=O)[nH]c2=O)cc1. The van der Waals surface area contributed by atoms with Crippen molar-refractivity contribution < 1.29 is 19.1 Å². The van der Waals surface area contributed by atoms with Gasteiger partial charge in [-0.1, -0.05) is 42.5 Å². The Bertz CT molecular complexity index is 1310. The normalized spacial score (nSPS) is 15.1. The number of carbonyl (C=O) groups excluding carboxylic acids is 2. The highest BCUT2D eigenvalue weighted by Gasteiger charge is 2.33. The maximum Gasteiger partial charge on any atom is 0.345 e. The van der Waals surface area contributed by atoms with Gasteiger partial charge in [0.15, 0.2) is 6.61 Å². The Labute approximate surface area is 187 Å². The van der Waals surface area contributed by atoms with Crippen LogP contribution in [0.1, 0.15) is 33.9 Å². The van der Waals surface area contributed by atoms with Crippen LogP contribution < -0.4 is 16.0 Å². The van der Waals surface area contributed by atoms with Crippen LogP contribution in [0.25, 0.3) is 0 Å². The van der Waals surface area contributed by atoms with Crippen LogP contribution in [-0.4, -0.2) is 46.3 Å². The van der Waals surface area contributed by atoms with Crippen molar-refractivity contribution in [1.29, 1.82) is 0 Å². The van der Waals surface area contributed by atoms with Gasteiger partial charge >= 0.3 is 11.7 Å². The fourth-order valence-corrected chi connectivity index (χ4v) is 3.46. The van der Waals surface area contributed by atoms with Crippen LogP contribution in [0, 0.1) is 0 Å². The van der Waals surface area contributed by atoms with Crippen molar-refractivity contribution in [2.75, 3.05) is 13.7 Å². The van der Waals surface area contributed by atoms with Crippen molar-refractivity contribution >= 4 is 17.6 Å². The Morgan fingerprint density at radius 2 is 1.82 bits per heavy atom. The summed E-state index contributed by atoms with van der Waals surface area (Å²) in [4.78, 5) is 52.2. The van der Waals surface area contributed by atoms with Crippen LogP contribution in [0.3, 0.4) is 0 Å². The van der Waals surface area contributed by atoms with Crippen molar-refractivity contribution in [3.8, 4) is 5.75 Å². The van der Waals surface area contributed by atoms with Gasteiger partial charge in [-0.15, -0.1) is 0 Å². The van der Waals surface area contributed by atoms with E-state index in [0.29, 0.717) is 17.9 Å². The quantitative estimate of drug-likeness (QED) is 0.550. The Hall–Kier alpha value is -4.47. The Morgan fingerprint density at radius 3 is 2.48 bits per heavy atom. The molecule has 0 saturated carbocycles. The largest absolute Gasteiger partial charge is 0.497 e. The highest BCUT2D eigenvalue weighted by molar-refractivity contribution is 6.03. The lowest BCUT2D eigenvalue weighted by Crippen LogP contribution is -2.33. The molecule has 10 nitrogen and oxygen atoms in total. The van der Waals surface area contributed by atoms with E-state index < -0.39 is 41.3 Å². The third kappa shape index (κ3) is 4.74. The number of hydrogen-bond acceptors (Lipinski definition) is 7. The number of rotatable bonds is 6. The van der Waals surface area contributed by atoms with Crippen molar-refractivity contribution in [2.24, 2.45) is 5.10 Å². The van der Waals surface area contributed by atoms with Crippen LogP contribution in [0.4, 0.5) is 0 Å². The highest BCUT2D eigenvalue weighted by Crippen LogP contribution is 2.33. The fraction of sp³-hybridized carbons (Fsp3) is 0.174. The number of amides is 1. The molecule has 1 aromatic heterocycles. The first kappa shape index (κ1) is 21.8. The summed E-state index contributed by atoms with van der Waals surface area (Å²) in [7, 11) is 1.57. The number of aromatic nitrogens is 2. The second kappa shape index (κ2) is 9.35. The molecule has 33 heavy (non-hydrogen) atoms. The van der Waals surface area contributed by atoms with Crippen molar-refractivity contribution in [1.82, 2.24) is 15.0 Å². The summed E-state index contributed by atoms with van der Waals surface area (Å²) in [6, 6.07) is 16.3. The molecule has 1 unspecified atom stereocenters. The molecule has 1 aliphatic rings. The molecule has 2 heterocycles. The lowest BCUT2D eigenvalue weighted by Gasteiger charge is -2.22. The summed E-state index contributed by atoms with van der Waals surface area (Å²) in [5.41, 5.74) is 0.357. The second-order valence-electron chi connectivity index (χ2n) is 7.21. The molecule has 1 amide bonds. The van der Waals surface area contributed by atoms with Crippen molar-refractivity contribution in [3.05, 3.63) is 98.3 Å². The van der Waals surface area contributed by atoms with Gasteiger partial charge in [-0.2, -0.15) is 5.10 Å². The predicted molar refractivity (Wildman–Crippen MR) is 118 cm³/mol. The molecular formula is C23H20N4O6. The number of hydrogen-bond donors (Lipinski definition) is 2. The average Bonchev–Trinajstić information content (AvgIpc) is 3.28. The molecule has 0 bridgehead atoms. The van der Waals surface area contributed by atoms with Crippen molar-refractivity contribution in [3.63, 3.8) is 0 Å². The van der Waals surface area contributed by atoms with Gasteiger partial charge in [0, 0.05) is 12.6 Å². The molecular weight excluding hydrogens is 428 g/mol. The van der Waals surface area contributed by atoms with Gasteiger partial charge < -0.3 is 14.5 Å². The summed E-state index contributed by atoms with van der Waals surface area (Å²) in [6.07, 6.45) is 1.41. The Kier molecular flexibility index (Phi) is 6.16. The van der Waals surface area contributed by atoms with Crippen LogP contribution in [0.15, 0.2) is 75.5 Å². The number of ether oxygens (including phenoxy) is 2. The zero-order valence-corrected chi connectivity index (χ0v) is 17.6. The van der Waals surface area contributed by atoms with E-state index in [1.54, 1.807) is 19.2 Å². The summed E-state index contributed by atoms with van der Waals surface area (Å²) < 4.78 is 10.2. The van der Waals surface area contributed by atoms with Gasteiger partial charge in [-0.25, -0.2) is 14.6 Å². The number of hydrazone groups is 1. The van der Waals surface area contributed by atoms with Gasteiger partial charge in [-0.3, -0.25) is 14.6 Å². The maximum absolute atomic E-state index is 13.0. The summed E-state index contributed by atoms with van der Waals surface area (Å²) in [5.74, 6) is -0.914. The van der Waals surface area contributed by atoms with Gasteiger partial charge in [0.1, 0.15) is 11.3 Å². The molecule has 168 valence electrons. The van der Waals surface area contributed by atoms with E-state index in [1.165, 1.54) is 5.01 Å². The van der Waals surface area contributed by atoms with E-state index in [0.717, 1.165) is 17.3 Å². The van der Waals surface area contributed by atoms with Gasteiger partial charge in [0.05, 0.1) is 18.9 Å². The lowest BCUT2D eigenvalue weighted by molar-refractivity contribution is -0.136. The summed E-state index contributed by atoms with van der Waals surface area (Å²) in [5, 5.41) is 5.79. The van der Waals surface area contributed by atoms with Crippen molar-refractivity contribution in [2.45, 2.75) is 12.5 Å². The van der Waals surface area contributed by atoms with E-state index in [-0.39, 0.29) is 0 Å². The van der Waals surface area contributed by atoms with Crippen LogP contribution in [0.5, 0.6) is 5.75 Å². The minimum atomic E-state index is -1.03. The topological polar surface area (TPSA) is 134 Å². The number of nitrogens with one attached hydrogen (secondary N) is 2. The molecule has 3 aromatic rings. The molecule has 0 radical (unpaired) electrons. The molecule has 2 N–H and O–H groups in total. The zero-order valence-electron chi connectivity index (χ0n) is 17.6. The Morgan fingerprint density at radius 1 is 1.09 bits per heavy atom. The number of benzene rings is 2. The first-order chi connectivity index (χ1) is 16.0. The number of H-pyrrole nitrogens is 2. The van der Waals surface area contributed by atoms with E-state index in [9.17, 15) is 19.2 Å². The van der Waals surface area contributed by atoms with E-state index in [1.807, 2.05) is 47.4 Å². The first-order valence-corrected chi connectivity index (χ1v) is 10.0. The smallest absolute Gasteiger partial charge is 0.345 e. The lowest BCUT2D eigenvalue weighted by atomic mass is 9.98. The minimum absolute atomic E-state index is 0.409. The van der Waals surface area contributed by atoms with E-state index in [2.05, 4.69) is 10.1 Å². The number of carbonyl (C=O) groups is 2. The first-order valence-electron chi connectivity index (χ1n) is 10.0. The molecule has 0 spiro atoms. The highest BCUT2D eigenvalue weighted by atomic mass is 16.5. The third-order valence-corrected chi connectivity index (χ3v) is 5.14. The number of aromatic amines is 2. The van der Waals surface area contributed by atoms with E-state index >= 15 is 0 Å². The minimum Gasteiger partial charge on any atom is -0.497 e. The Balaban J connectivity index is 1.55. The average molecular weight is 448 g/mol. The van der Waals surface area contributed by atoms with Gasteiger partial charge in [-0.05, 0) is 23.3 Å². The summed E-state index contributed by atoms with van der Waals surface area (Å²) in [6.45, 7) is -0.629. The standard InChI is InChI=1S/C23H20N4O6/c1-32-16-9-7-15(8-10-16)19-11-18(14-5-3-2-4-6-14)26-27(19)20(28)13-33-22(30)17-12-24-23(31)25-21(17)29/h2-10,12,19H,11,13H2,1H3,(H2,24,25,29,31). The fourth-order valence-electron chi connectivity index (χ4n) is 3.46. The number of methoxy groups -OCH3 is 1. The van der Waals surface area contributed by atoms with Crippen LogP contribution >= 0.6 is 0 Å². The molecule has 2 aromatic carbocycles. The molecule has 1 atom stereocenters.